The van der Waals surface area contributed by atoms with Gasteiger partial charge in [-0.05, 0) is 25.5 Å². The number of thioether (sulfide) groups is 1. The van der Waals surface area contributed by atoms with Crippen molar-refractivity contribution in [2.24, 2.45) is 0 Å². The molecule has 1 heterocycles. The number of halogens is 1. The maximum absolute atomic E-state index is 13.5. The number of rotatable bonds is 8. The molecule has 0 unspecified atom stereocenters. The lowest BCUT2D eigenvalue weighted by Crippen LogP contribution is -2.30. The normalized spacial score (nSPS) is 10.7. The van der Waals surface area contributed by atoms with Crippen LogP contribution in [0, 0.1) is 29.8 Å². The molecule has 2 rings (SSSR count). The second-order valence-electron chi connectivity index (χ2n) is 5.43. The van der Waals surface area contributed by atoms with Gasteiger partial charge in [-0.1, -0.05) is 18.2 Å². The fraction of sp³-hybridized carbons (Fsp3) is 0.375. The van der Waals surface area contributed by atoms with E-state index in [2.05, 4.69) is 10.4 Å². The fourth-order valence-electron chi connectivity index (χ4n) is 2.36. The molecule has 0 bridgehead atoms. The van der Waals surface area contributed by atoms with Crippen LogP contribution in [0.2, 0.25) is 0 Å². The molecule has 0 atom stereocenters. The van der Waals surface area contributed by atoms with Gasteiger partial charge in [-0.25, -0.2) is 4.39 Å². The smallest absolute Gasteiger partial charge is 0.312 e. The molecular weight excluding hydrogens is 347 g/mol. The molecule has 9 heteroatoms. The van der Waals surface area contributed by atoms with Crippen LogP contribution in [0.1, 0.15) is 17.0 Å². The average molecular weight is 366 g/mol. The van der Waals surface area contributed by atoms with Gasteiger partial charge in [-0.2, -0.15) is 16.9 Å². The summed E-state index contributed by atoms with van der Waals surface area (Å²) in [5.41, 5.74) is 1.21. The molecule has 0 aliphatic carbocycles. The first kappa shape index (κ1) is 18.9. The van der Waals surface area contributed by atoms with E-state index in [1.54, 1.807) is 32.0 Å². The van der Waals surface area contributed by atoms with Gasteiger partial charge in [0.1, 0.15) is 23.7 Å². The quantitative estimate of drug-likeness (QED) is 0.441. The molecule has 134 valence electrons. The van der Waals surface area contributed by atoms with E-state index in [-0.39, 0.29) is 29.7 Å². The summed E-state index contributed by atoms with van der Waals surface area (Å²) in [6.45, 7) is 3.46. The van der Waals surface area contributed by atoms with E-state index in [0.717, 1.165) is 0 Å². The summed E-state index contributed by atoms with van der Waals surface area (Å²) < 4.78 is 14.8. The van der Waals surface area contributed by atoms with E-state index in [1.807, 2.05) is 0 Å². The third-order valence-corrected chi connectivity index (χ3v) is 4.61. The molecule has 0 aliphatic heterocycles. The van der Waals surface area contributed by atoms with Gasteiger partial charge in [0.25, 0.3) is 0 Å². The lowest BCUT2D eigenvalue weighted by Gasteiger charge is -2.07. The predicted octanol–water partition coefficient (Wildman–Crippen LogP) is 2.60. The van der Waals surface area contributed by atoms with Crippen LogP contribution in [-0.4, -0.2) is 32.9 Å². The number of carbonyl (C=O) groups excluding carboxylic acids is 1. The number of carbonyl (C=O) groups is 1. The van der Waals surface area contributed by atoms with Crippen LogP contribution in [0.25, 0.3) is 0 Å². The molecule has 2 aromatic rings. The summed E-state index contributed by atoms with van der Waals surface area (Å²) in [7, 11) is 0. The average Bonchev–Trinajstić information content (AvgIpc) is 2.82. The molecule has 7 nitrogen and oxygen atoms in total. The highest BCUT2D eigenvalue weighted by molar-refractivity contribution is 7.98. The molecular formula is C16H19FN4O3S. The molecule has 0 fully saturated rings. The van der Waals surface area contributed by atoms with E-state index in [0.29, 0.717) is 29.3 Å². The molecule has 0 spiro atoms. The Morgan fingerprint density at radius 3 is 2.76 bits per heavy atom. The van der Waals surface area contributed by atoms with E-state index in [4.69, 9.17) is 0 Å². The van der Waals surface area contributed by atoms with Crippen molar-refractivity contribution in [2.75, 3.05) is 12.3 Å². The van der Waals surface area contributed by atoms with E-state index >= 15 is 0 Å². The molecule has 0 aliphatic rings. The van der Waals surface area contributed by atoms with Crippen molar-refractivity contribution < 1.29 is 14.1 Å². The minimum absolute atomic E-state index is 0.0618. The highest BCUT2D eigenvalue weighted by Gasteiger charge is 2.22. The Hall–Kier alpha value is -2.42. The Bertz CT molecular complexity index is 779. The molecule has 0 saturated carbocycles. The second kappa shape index (κ2) is 8.61. The van der Waals surface area contributed by atoms with Crippen molar-refractivity contribution in [2.45, 2.75) is 26.1 Å². The van der Waals surface area contributed by atoms with Gasteiger partial charge in [0.05, 0.1) is 4.92 Å². The monoisotopic (exact) mass is 366 g/mol. The number of hydrogen-bond acceptors (Lipinski definition) is 5. The number of aryl methyl sites for hydroxylation is 1. The zero-order chi connectivity index (χ0) is 18.4. The topological polar surface area (TPSA) is 90.1 Å². The first-order valence-electron chi connectivity index (χ1n) is 7.66. The number of hydrogen-bond donors (Lipinski definition) is 1. The number of nitrogens with one attached hydrogen (secondary N) is 1. The van der Waals surface area contributed by atoms with Gasteiger partial charge in [-0.15, -0.1) is 0 Å². The predicted molar refractivity (Wildman–Crippen MR) is 93.9 cm³/mol. The first-order chi connectivity index (χ1) is 11.9. The molecule has 0 radical (unpaired) electrons. The third-order valence-electron chi connectivity index (χ3n) is 3.60. The van der Waals surface area contributed by atoms with Crippen molar-refractivity contribution in [1.82, 2.24) is 15.1 Å². The summed E-state index contributed by atoms with van der Waals surface area (Å²) in [5.74, 6) is 0.668. The Morgan fingerprint density at radius 1 is 1.40 bits per heavy atom. The van der Waals surface area contributed by atoms with Gasteiger partial charge in [0, 0.05) is 18.1 Å². The van der Waals surface area contributed by atoms with Crippen LogP contribution in [0.3, 0.4) is 0 Å². The number of nitrogens with zero attached hydrogens (tertiary/aromatic N) is 3. The third kappa shape index (κ3) is 5.02. The van der Waals surface area contributed by atoms with Gasteiger partial charge in [0.2, 0.25) is 5.91 Å². The summed E-state index contributed by atoms with van der Waals surface area (Å²) >= 11 is 1.52. The van der Waals surface area contributed by atoms with E-state index < -0.39 is 4.92 Å². The van der Waals surface area contributed by atoms with Crippen molar-refractivity contribution in [3.63, 3.8) is 0 Å². The lowest BCUT2D eigenvalue weighted by molar-refractivity contribution is -0.386. The summed E-state index contributed by atoms with van der Waals surface area (Å²) in [6, 6.07) is 6.59. The highest BCUT2D eigenvalue weighted by atomic mass is 32.2. The Morgan fingerprint density at radius 2 is 2.12 bits per heavy atom. The number of amides is 1. The van der Waals surface area contributed by atoms with Crippen LogP contribution < -0.4 is 5.32 Å². The molecule has 1 aromatic heterocycles. The summed E-state index contributed by atoms with van der Waals surface area (Å²) in [6.07, 6.45) is 0. The van der Waals surface area contributed by atoms with Gasteiger partial charge >= 0.3 is 5.69 Å². The standard InChI is InChI=1S/C16H19FN4O3S/c1-11-16(21(23)24)12(2)20(19-11)9-15(22)18-7-8-25-10-13-5-3-4-6-14(13)17/h3-6H,7-10H2,1-2H3,(H,18,22). The first-order valence-corrected chi connectivity index (χ1v) is 8.82. The highest BCUT2D eigenvalue weighted by Crippen LogP contribution is 2.21. The number of nitro groups is 1. The van der Waals surface area contributed by atoms with Gasteiger partial charge in [0.15, 0.2) is 0 Å². The van der Waals surface area contributed by atoms with Crippen LogP contribution in [0.5, 0.6) is 0 Å². The molecule has 0 saturated heterocycles. The van der Waals surface area contributed by atoms with Crippen LogP contribution in [0.15, 0.2) is 24.3 Å². The fourth-order valence-corrected chi connectivity index (χ4v) is 3.20. The Labute approximate surface area is 148 Å². The van der Waals surface area contributed by atoms with Crippen LogP contribution >= 0.6 is 11.8 Å². The zero-order valence-electron chi connectivity index (χ0n) is 14.0. The van der Waals surface area contributed by atoms with Gasteiger partial charge < -0.3 is 5.32 Å². The van der Waals surface area contributed by atoms with Crippen molar-refractivity contribution in [1.29, 1.82) is 0 Å². The number of benzene rings is 1. The number of aromatic nitrogens is 2. The molecule has 1 amide bonds. The summed E-state index contributed by atoms with van der Waals surface area (Å²) in [5, 5.41) is 17.7. The zero-order valence-corrected chi connectivity index (χ0v) is 14.8. The second-order valence-corrected chi connectivity index (χ2v) is 6.53. The van der Waals surface area contributed by atoms with E-state index in [9.17, 15) is 19.3 Å². The minimum atomic E-state index is -0.495. The molecule has 1 aromatic carbocycles. The minimum Gasteiger partial charge on any atom is -0.354 e. The molecule has 1 N–H and O–H groups in total. The molecule has 25 heavy (non-hydrogen) atoms. The largest absolute Gasteiger partial charge is 0.354 e. The van der Waals surface area contributed by atoms with Gasteiger partial charge in [-0.3, -0.25) is 19.6 Å². The van der Waals surface area contributed by atoms with Crippen LogP contribution in [-0.2, 0) is 17.1 Å². The van der Waals surface area contributed by atoms with E-state index in [1.165, 1.54) is 22.5 Å². The lowest BCUT2D eigenvalue weighted by atomic mass is 10.2. The Balaban J connectivity index is 1.75. The van der Waals surface area contributed by atoms with Crippen molar-refractivity contribution >= 4 is 23.4 Å². The maximum atomic E-state index is 13.5. The van der Waals surface area contributed by atoms with Crippen molar-refractivity contribution in [3.8, 4) is 0 Å². The Kier molecular flexibility index (Phi) is 6.51. The van der Waals surface area contributed by atoms with Crippen LogP contribution in [0.4, 0.5) is 10.1 Å². The summed E-state index contributed by atoms with van der Waals surface area (Å²) in [4.78, 5) is 22.4. The van der Waals surface area contributed by atoms with Crippen molar-refractivity contribution in [3.05, 3.63) is 57.1 Å². The SMILES string of the molecule is Cc1nn(CC(=O)NCCSCc2ccccc2F)c(C)c1[N+](=O)[O-]. The maximum Gasteiger partial charge on any atom is 0.312 e.